The summed E-state index contributed by atoms with van der Waals surface area (Å²) in [5, 5.41) is 2.47. The monoisotopic (exact) mass is 422 g/mol. The average molecular weight is 422 g/mol. The number of carbonyl (C=O) groups is 2. The lowest BCUT2D eigenvalue weighted by Crippen LogP contribution is -2.39. The van der Waals surface area contributed by atoms with E-state index in [0.717, 1.165) is 31.1 Å². The average Bonchev–Trinajstić information content (AvgIpc) is 3.19. The zero-order chi connectivity index (χ0) is 21.5. The van der Waals surface area contributed by atoms with E-state index in [9.17, 15) is 22.8 Å². The molecule has 2 aliphatic carbocycles. The fourth-order valence-electron chi connectivity index (χ4n) is 5.47. The third-order valence-electron chi connectivity index (χ3n) is 7.09. The summed E-state index contributed by atoms with van der Waals surface area (Å²) in [7, 11) is 0. The minimum Gasteiger partial charge on any atom is -0.326 e. The number of likely N-dealkylation sites (tertiary alicyclic amines) is 1. The topological polar surface area (TPSA) is 49.4 Å². The van der Waals surface area contributed by atoms with E-state index in [1.54, 1.807) is 0 Å². The van der Waals surface area contributed by atoms with Crippen LogP contribution < -0.4 is 5.32 Å². The molecule has 0 radical (unpaired) electrons. The maximum atomic E-state index is 12.8. The van der Waals surface area contributed by atoms with Crippen LogP contribution in [0.25, 0.3) is 0 Å². The van der Waals surface area contributed by atoms with Gasteiger partial charge in [-0.05, 0) is 48.8 Å². The smallest absolute Gasteiger partial charge is 0.326 e. The molecule has 1 amide bonds. The van der Waals surface area contributed by atoms with Crippen LogP contribution in [0.2, 0.25) is 0 Å². The van der Waals surface area contributed by atoms with Gasteiger partial charge in [0.1, 0.15) is 5.78 Å². The molecule has 5 atom stereocenters. The lowest BCUT2D eigenvalue weighted by atomic mass is 9.86. The second-order valence-electron chi connectivity index (χ2n) is 9.33. The van der Waals surface area contributed by atoms with E-state index >= 15 is 0 Å². The molecule has 7 heteroatoms. The molecule has 0 bridgehead atoms. The number of Topliss-reactive ketones (excluding diaryl/α,β-unsaturated/α-hetero) is 1. The summed E-state index contributed by atoms with van der Waals surface area (Å²) in [4.78, 5) is 27.2. The third-order valence-corrected chi connectivity index (χ3v) is 7.09. The van der Waals surface area contributed by atoms with Crippen molar-refractivity contribution >= 4 is 17.4 Å². The van der Waals surface area contributed by atoms with Gasteiger partial charge in [-0.2, -0.15) is 13.2 Å². The van der Waals surface area contributed by atoms with Gasteiger partial charge in [0, 0.05) is 43.6 Å². The molecular formula is C23H29F3N2O2. The largest absolute Gasteiger partial charge is 0.416 e. The Bertz CT molecular complexity index is 798. The van der Waals surface area contributed by atoms with Crippen molar-refractivity contribution < 1.29 is 22.8 Å². The first-order valence-corrected chi connectivity index (χ1v) is 11.0. The Morgan fingerprint density at radius 3 is 2.53 bits per heavy atom. The van der Waals surface area contributed by atoms with E-state index in [-0.39, 0.29) is 30.2 Å². The van der Waals surface area contributed by atoms with E-state index in [0.29, 0.717) is 17.9 Å². The van der Waals surface area contributed by atoms with Crippen LogP contribution in [0.3, 0.4) is 0 Å². The summed E-state index contributed by atoms with van der Waals surface area (Å²) in [6.45, 7) is 4.31. The standard InChI is InChI=1S/C23H29F3N2O2/c1-14-4-2-7-17(10-14)28-12-18-19(13-28)22(18)20(29)8-9-21(30)27-16-6-3-5-15(11-16)23(24,25)26/h3,5-6,11,14,17-19,22H,2,4,7-10,12-13H2,1H3,(H,27,30)/t14?,17?,18-,19+,22?. The molecule has 164 valence electrons. The SMILES string of the molecule is CC1CCCC(N2C[C@@H]3C(C(=O)CCC(=O)Nc4cccc(C(F)(F)F)c4)[C@@H]3C2)C1. The third kappa shape index (κ3) is 4.71. The van der Waals surface area contributed by atoms with Crippen molar-refractivity contribution in [2.24, 2.45) is 23.7 Å². The van der Waals surface area contributed by atoms with E-state index in [2.05, 4.69) is 17.1 Å². The number of rotatable bonds is 6. The fraction of sp³-hybridized carbons (Fsp3) is 0.652. The van der Waals surface area contributed by atoms with Gasteiger partial charge in [0.15, 0.2) is 0 Å². The molecule has 0 aromatic heterocycles. The predicted molar refractivity (Wildman–Crippen MR) is 108 cm³/mol. The van der Waals surface area contributed by atoms with Gasteiger partial charge >= 0.3 is 6.18 Å². The summed E-state index contributed by atoms with van der Waals surface area (Å²) in [6, 6.07) is 5.21. The molecule has 0 spiro atoms. The van der Waals surface area contributed by atoms with E-state index < -0.39 is 17.6 Å². The quantitative estimate of drug-likeness (QED) is 0.720. The molecule has 2 saturated carbocycles. The van der Waals surface area contributed by atoms with E-state index in [1.807, 2.05) is 0 Å². The van der Waals surface area contributed by atoms with Gasteiger partial charge < -0.3 is 5.32 Å². The minimum atomic E-state index is -4.45. The second kappa shape index (κ2) is 8.33. The zero-order valence-corrected chi connectivity index (χ0v) is 17.3. The Morgan fingerprint density at radius 1 is 1.13 bits per heavy atom. The molecule has 1 N–H and O–H groups in total. The molecule has 3 fully saturated rings. The van der Waals surface area contributed by atoms with Crippen molar-refractivity contribution in [2.75, 3.05) is 18.4 Å². The number of piperidine rings is 1. The van der Waals surface area contributed by atoms with Gasteiger partial charge in [-0.3, -0.25) is 14.5 Å². The number of ketones is 1. The number of nitrogens with zero attached hydrogens (tertiary/aromatic N) is 1. The normalized spacial score (nSPS) is 31.3. The van der Waals surface area contributed by atoms with Crippen molar-refractivity contribution in [3.63, 3.8) is 0 Å². The highest BCUT2D eigenvalue weighted by atomic mass is 19.4. The van der Waals surface area contributed by atoms with Crippen LogP contribution in [0.15, 0.2) is 24.3 Å². The van der Waals surface area contributed by atoms with Crippen LogP contribution in [-0.4, -0.2) is 35.7 Å². The van der Waals surface area contributed by atoms with Gasteiger partial charge in [0.2, 0.25) is 5.91 Å². The van der Waals surface area contributed by atoms with E-state index in [4.69, 9.17) is 0 Å². The number of hydrogen-bond donors (Lipinski definition) is 1. The molecule has 3 aliphatic rings. The Hall–Kier alpha value is -1.89. The number of benzene rings is 1. The first-order chi connectivity index (χ1) is 14.2. The van der Waals surface area contributed by atoms with Crippen molar-refractivity contribution in [3.8, 4) is 0 Å². The van der Waals surface area contributed by atoms with Crippen molar-refractivity contribution in [1.29, 1.82) is 0 Å². The summed E-state index contributed by atoms with van der Waals surface area (Å²) in [6.07, 6.45) is 0.843. The Balaban J connectivity index is 1.21. The Labute approximate surface area is 175 Å². The van der Waals surface area contributed by atoms with Gasteiger partial charge in [0.05, 0.1) is 5.56 Å². The molecule has 4 nitrogen and oxygen atoms in total. The molecule has 3 unspecified atom stereocenters. The highest BCUT2D eigenvalue weighted by Gasteiger charge is 2.59. The van der Waals surface area contributed by atoms with Gasteiger partial charge in [0.25, 0.3) is 0 Å². The van der Waals surface area contributed by atoms with Crippen LogP contribution in [0.4, 0.5) is 18.9 Å². The van der Waals surface area contributed by atoms with Gasteiger partial charge in [-0.15, -0.1) is 0 Å². The number of amides is 1. The molecule has 1 heterocycles. The second-order valence-corrected chi connectivity index (χ2v) is 9.33. The number of fused-ring (bicyclic) bond motifs is 1. The molecule has 30 heavy (non-hydrogen) atoms. The number of anilines is 1. The van der Waals surface area contributed by atoms with Crippen molar-refractivity contribution in [1.82, 2.24) is 4.90 Å². The fourth-order valence-corrected chi connectivity index (χ4v) is 5.47. The molecule has 4 rings (SSSR count). The van der Waals surface area contributed by atoms with Crippen molar-refractivity contribution in [2.45, 2.75) is 57.7 Å². The molecular weight excluding hydrogens is 393 g/mol. The van der Waals surface area contributed by atoms with Crippen LogP contribution in [0.5, 0.6) is 0 Å². The van der Waals surface area contributed by atoms with Crippen LogP contribution >= 0.6 is 0 Å². The van der Waals surface area contributed by atoms with E-state index in [1.165, 1.54) is 37.8 Å². The lowest BCUT2D eigenvalue weighted by molar-refractivity contribution is -0.137. The lowest BCUT2D eigenvalue weighted by Gasteiger charge is -2.35. The van der Waals surface area contributed by atoms with Gasteiger partial charge in [-0.1, -0.05) is 25.8 Å². The van der Waals surface area contributed by atoms with Crippen molar-refractivity contribution in [3.05, 3.63) is 29.8 Å². The molecule has 1 aliphatic heterocycles. The number of carbonyl (C=O) groups excluding carboxylic acids is 2. The Kier molecular flexibility index (Phi) is 5.93. The van der Waals surface area contributed by atoms with Crippen LogP contribution in [0, 0.1) is 23.7 Å². The maximum absolute atomic E-state index is 12.8. The predicted octanol–water partition coefficient (Wildman–Crippen LogP) is 4.75. The summed E-state index contributed by atoms with van der Waals surface area (Å²) in [5.41, 5.74) is -0.706. The number of nitrogens with one attached hydrogen (secondary N) is 1. The molecule has 1 saturated heterocycles. The summed E-state index contributed by atoms with van der Waals surface area (Å²) >= 11 is 0. The highest BCUT2D eigenvalue weighted by molar-refractivity contribution is 5.94. The number of hydrogen-bond acceptors (Lipinski definition) is 3. The Morgan fingerprint density at radius 2 is 1.87 bits per heavy atom. The molecule has 1 aromatic carbocycles. The first-order valence-electron chi connectivity index (χ1n) is 11.0. The highest BCUT2D eigenvalue weighted by Crippen LogP contribution is 2.53. The van der Waals surface area contributed by atoms with Crippen LogP contribution in [-0.2, 0) is 15.8 Å². The molecule has 1 aromatic rings. The van der Waals surface area contributed by atoms with Gasteiger partial charge in [-0.25, -0.2) is 0 Å². The number of alkyl halides is 3. The first kappa shape index (κ1) is 21.3. The summed E-state index contributed by atoms with van der Waals surface area (Å²) < 4.78 is 38.3. The maximum Gasteiger partial charge on any atom is 0.416 e. The number of halogens is 3. The van der Waals surface area contributed by atoms with Crippen LogP contribution in [0.1, 0.15) is 51.0 Å². The summed E-state index contributed by atoms with van der Waals surface area (Å²) in [5.74, 6) is 1.42. The zero-order valence-electron chi connectivity index (χ0n) is 17.3. The minimum absolute atomic E-state index is 0.00880.